The van der Waals surface area contributed by atoms with Crippen LogP contribution in [0.3, 0.4) is 0 Å². The highest BCUT2D eigenvalue weighted by Gasteiger charge is 2.05. The molecule has 0 bridgehead atoms. The van der Waals surface area contributed by atoms with Crippen LogP contribution in [-0.2, 0) is 11.2 Å². The number of carbonyl (C=O) groups excluding carboxylic acids is 1. The van der Waals surface area contributed by atoms with Crippen LogP contribution >= 0.6 is 23.1 Å². The molecular weight excluding hydrogens is 292 g/mol. The van der Waals surface area contributed by atoms with Gasteiger partial charge in [0.2, 0.25) is 5.91 Å². The van der Waals surface area contributed by atoms with E-state index in [1.165, 1.54) is 16.6 Å². The maximum atomic E-state index is 11.6. The molecule has 7 heteroatoms. The van der Waals surface area contributed by atoms with E-state index in [-0.39, 0.29) is 5.91 Å². The van der Waals surface area contributed by atoms with Crippen LogP contribution in [0.5, 0.6) is 0 Å². The van der Waals surface area contributed by atoms with Crippen molar-refractivity contribution in [2.24, 2.45) is 0 Å². The van der Waals surface area contributed by atoms with E-state index in [9.17, 15) is 4.79 Å². The van der Waals surface area contributed by atoms with Crippen molar-refractivity contribution >= 4 is 29.0 Å². The van der Waals surface area contributed by atoms with Gasteiger partial charge in [-0.1, -0.05) is 11.8 Å². The second kappa shape index (κ2) is 7.96. The van der Waals surface area contributed by atoms with Gasteiger partial charge in [0.25, 0.3) is 0 Å². The third kappa shape index (κ3) is 4.90. The molecule has 0 fully saturated rings. The molecule has 0 saturated carbocycles. The molecule has 0 unspecified atom stereocenters. The van der Waals surface area contributed by atoms with Crippen LogP contribution in [0.4, 0.5) is 0 Å². The van der Waals surface area contributed by atoms with E-state index in [4.69, 9.17) is 0 Å². The summed E-state index contributed by atoms with van der Waals surface area (Å²) >= 11 is 3.02. The van der Waals surface area contributed by atoms with E-state index >= 15 is 0 Å². The molecule has 2 aromatic heterocycles. The molecule has 0 aliphatic carbocycles. The zero-order chi connectivity index (χ0) is 14.2. The Morgan fingerprint density at radius 1 is 1.35 bits per heavy atom. The minimum atomic E-state index is 0.0171. The summed E-state index contributed by atoms with van der Waals surface area (Å²) in [4.78, 5) is 25.3. The van der Waals surface area contributed by atoms with Crippen LogP contribution in [0, 0.1) is 6.92 Å². The molecule has 106 valence electrons. The third-order valence-corrected chi connectivity index (χ3v) is 4.49. The Morgan fingerprint density at radius 3 is 2.85 bits per heavy atom. The fourth-order valence-electron chi connectivity index (χ4n) is 1.58. The topological polar surface area (TPSA) is 67.8 Å². The summed E-state index contributed by atoms with van der Waals surface area (Å²) in [5.41, 5.74) is 2.96. The van der Waals surface area contributed by atoms with Gasteiger partial charge in [-0.3, -0.25) is 4.79 Å². The largest absolute Gasteiger partial charge is 0.355 e. The molecule has 2 heterocycles. The third-order valence-electron chi connectivity index (χ3n) is 2.62. The van der Waals surface area contributed by atoms with Crippen molar-refractivity contribution in [3.63, 3.8) is 0 Å². The lowest BCUT2D eigenvalue weighted by Gasteiger charge is -2.04. The van der Waals surface area contributed by atoms with Gasteiger partial charge in [-0.15, -0.1) is 11.3 Å². The summed E-state index contributed by atoms with van der Waals surface area (Å²) in [5.74, 6) is 0.368. The number of nitrogens with zero attached hydrogens (tertiary/aromatic N) is 3. The number of hydrogen-bond acceptors (Lipinski definition) is 6. The molecule has 0 aliphatic heterocycles. The molecule has 1 N–H and O–H groups in total. The fourth-order valence-corrected chi connectivity index (χ4v) is 3.04. The summed E-state index contributed by atoms with van der Waals surface area (Å²) in [5, 5.41) is 3.53. The number of aromatic nitrogens is 3. The van der Waals surface area contributed by atoms with Gasteiger partial charge in [0.05, 0.1) is 17.0 Å². The Labute approximate surface area is 126 Å². The maximum Gasteiger partial charge on any atom is 0.230 e. The molecular formula is C13H16N4OS2. The molecule has 5 nitrogen and oxygen atoms in total. The van der Waals surface area contributed by atoms with Crippen molar-refractivity contribution in [3.05, 3.63) is 34.5 Å². The van der Waals surface area contributed by atoms with Crippen LogP contribution in [0.15, 0.2) is 29.1 Å². The maximum absolute atomic E-state index is 11.6. The van der Waals surface area contributed by atoms with Crippen LogP contribution in [-0.4, -0.2) is 33.2 Å². The Kier molecular flexibility index (Phi) is 5.94. The lowest BCUT2D eigenvalue weighted by atomic mass is 10.2. The SMILES string of the molecule is Cc1ncsc1CCCNC(=O)CSc1ncccn1. The Morgan fingerprint density at radius 2 is 2.15 bits per heavy atom. The first-order chi connectivity index (χ1) is 9.75. The number of aryl methyl sites for hydroxylation is 2. The number of thiazole rings is 1. The van der Waals surface area contributed by atoms with Gasteiger partial charge in [-0.2, -0.15) is 0 Å². The molecule has 0 aromatic carbocycles. The van der Waals surface area contributed by atoms with Crippen molar-refractivity contribution in [3.8, 4) is 0 Å². The molecule has 1 amide bonds. The summed E-state index contributed by atoms with van der Waals surface area (Å²) in [6.07, 6.45) is 5.24. The Bertz CT molecular complexity index is 544. The predicted octanol–water partition coefficient (Wildman–Crippen LogP) is 2.08. The minimum Gasteiger partial charge on any atom is -0.355 e. The van der Waals surface area contributed by atoms with Crippen LogP contribution in [0.25, 0.3) is 0 Å². The first-order valence-electron chi connectivity index (χ1n) is 6.31. The molecule has 0 aliphatic rings. The molecule has 0 saturated heterocycles. The van der Waals surface area contributed by atoms with Crippen molar-refractivity contribution < 1.29 is 4.79 Å². The van der Waals surface area contributed by atoms with Crippen LogP contribution in [0.1, 0.15) is 17.0 Å². The molecule has 2 rings (SSSR count). The van der Waals surface area contributed by atoms with E-state index in [1.54, 1.807) is 29.8 Å². The van der Waals surface area contributed by atoms with Gasteiger partial charge in [0.1, 0.15) is 0 Å². The van der Waals surface area contributed by atoms with Crippen molar-refractivity contribution in [1.82, 2.24) is 20.3 Å². The van der Waals surface area contributed by atoms with E-state index in [2.05, 4.69) is 20.3 Å². The summed E-state index contributed by atoms with van der Waals surface area (Å²) in [7, 11) is 0. The lowest BCUT2D eigenvalue weighted by Crippen LogP contribution is -2.26. The van der Waals surface area contributed by atoms with E-state index in [0.717, 1.165) is 18.5 Å². The van der Waals surface area contributed by atoms with Crippen LogP contribution in [0.2, 0.25) is 0 Å². The average Bonchev–Trinajstić information content (AvgIpc) is 2.88. The highest BCUT2D eigenvalue weighted by atomic mass is 32.2. The van der Waals surface area contributed by atoms with E-state index in [0.29, 0.717) is 17.5 Å². The van der Waals surface area contributed by atoms with E-state index in [1.807, 2.05) is 12.4 Å². The molecule has 0 radical (unpaired) electrons. The number of thioether (sulfide) groups is 1. The predicted molar refractivity (Wildman–Crippen MR) is 80.9 cm³/mol. The quantitative estimate of drug-likeness (QED) is 0.482. The molecule has 0 atom stereocenters. The first-order valence-corrected chi connectivity index (χ1v) is 8.17. The van der Waals surface area contributed by atoms with Crippen molar-refractivity contribution in [2.45, 2.75) is 24.9 Å². The fraction of sp³-hybridized carbons (Fsp3) is 0.385. The number of nitrogens with one attached hydrogen (secondary N) is 1. The van der Waals surface area contributed by atoms with Gasteiger partial charge in [-0.05, 0) is 25.8 Å². The second-order valence-electron chi connectivity index (χ2n) is 4.13. The standard InChI is InChI=1S/C13H16N4OS2/c1-10-11(20-9-17-10)4-2-5-14-12(18)8-19-13-15-6-3-7-16-13/h3,6-7,9H,2,4-5,8H2,1H3,(H,14,18). The summed E-state index contributed by atoms with van der Waals surface area (Å²) in [6.45, 7) is 2.70. The number of hydrogen-bond donors (Lipinski definition) is 1. The Balaban J connectivity index is 1.60. The number of amides is 1. The molecule has 20 heavy (non-hydrogen) atoms. The monoisotopic (exact) mass is 308 g/mol. The second-order valence-corrected chi connectivity index (χ2v) is 6.02. The zero-order valence-corrected chi connectivity index (χ0v) is 12.8. The van der Waals surface area contributed by atoms with E-state index < -0.39 is 0 Å². The highest BCUT2D eigenvalue weighted by Crippen LogP contribution is 2.14. The zero-order valence-electron chi connectivity index (χ0n) is 11.2. The summed E-state index contributed by atoms with van der Waals surface area (Å²) < 4.78 is 0. The van der Waals surface area contributed by atoms with Gasteiger partial charge < -0.3 is 5.32 Å². The number of carbonyl (C=O) groups is 1. The van der Waals surface area contributed by atoms with Crippen LogP contribution < -0.4 is 5.32 Å². The smallest absolute Gasteiger partial charge is 0.230 e. The summed E-state index contributed by atoms with van der Waals surface area (Å²) in [6, 6.07) is 1.76. The van der Waals surface area contributed by atoms with Gasteiger partial charge in [0, 0.05) is 23.8 Å². The highest BCUT2D eigenvalue weighted by molar-refractivity contribution is 7.99. The average molecular weight is 308 g/mol. The van der Waals surface area contributed by atoms with Gasteiger partial charge >= 0.3 is 0 Å². The van der Waals surface area contributed by atoms with Gasteiger partial charge in [-0.25, -0.2) is 15.0 Å². The number of rotatable bonds is 7. The minimum absolute atomic E-state index is 0.0171. The Hall–Kier alpha value is -1.47. The normalized spacial score (nSPS) is 10.4. The molecule has 0 spiro atoms. The van der Waals surface area contributed by atoms with Gasteiger partial charge in [0.15, 0.2) is 5.16 Å². The van der Waals surface area contributed by atoms with Crippen molar-refractivity contribution in [1.29, 1.82) is 0 Å². The molecule has 2 aromatic rings. The lowest BCUT2D eigenvalue weighted by molar-refractivity contribution is -0.118. The first kappa shape index (κ1) is 14.9. The van der Waals surface area contributed by atoms with Crippen molar-refractivity contribution in [2.75, 3.05) is 12.3 Å².